The lowest BCUT2D eigenvalue weighted by molar-refractivity contribution is 0.380. The molecule has 1 aliphatic carbocycles. The molecular formula is C15H21N3. The van der Waals surface area contributed by atoms with Crippen molar-refractivity contribution in [3.8, 4) is 6.07 Å². The van der Waals surface area contributed by atoms with Gasteiger partial charge in [-0.1, -0.05) is 13.8 Å². The Morgan fingerprint density at radius 1 is 1.44 bits per heavy atom. The van der Waals surface area contributed by atoms with Crippen molar-refractivity contribution in [2.24, 2.45) is 11.3 Å². The second-order valence-electron chi connectivity index (χ2n) is 5.75. The summed E-state index contributed by atoms with van der Waals surface area (Å²) in [6, 6.07) is 4.23. The van der Waals surface area contributed by atoms with Gasteiger partial charge in [0.1, 0.15) is 6.07 Å². The van der Waals surface area contributed by atoms with E-state index in [1.165, 1.54) is 12.8 Å². The molecule has 0 saturated heterocycles. The van der Waals surface area contributed by atoms with Crippen LogP contribution in [0.2, 0.25) is 0 Å². The van der Waals surface area contributed by atoms with Gasteiger partial charge in [0, 0.05) is 12.2 Å². The number of pyridine rings is 1. The normalized spacial score (nSPS) is 16.4. The summed E-state index contributed by atoms with van der Waals surface area (Å²) in [5.41, 5.74) is 3.84. The molecule has 1 saturated carbocycles. The van der Waals surface area contributed by atoms with E-state index in [2.05, 4.69) is 30.2 Å². The summed E-state index contributed by atoms with van der Waals surface area (Å²) >= 11 is 0. The Labute approximate surface area is 109 Å². The number of rotatable bonds is 4. The molecule has 1 N–H and O–H groups in total. The Hall–Kier alpha value is -1.56. The second-order valence-corrected chi connectivity index (χ2v) is 5.75. The van der Waals surface area contributed by atoms with E-state index in [4.69, 9.17) is 0 Å². The zero-order valence-electron chi connectivity index (χ0n) is 11.7. The van der Waals surface area contributed by atoms with Crippen LogP contribution in [0.5, 0.6) is 0 Å². The lowest BCUT2D eigenvalue weighted by Crippen LogP contribution is -2.21. The third kappa shape index (κ3) is 2.33. The molecule has 18 heavy (non-hydrogen) atoms. The molecule has 1 aromatic heterocycles. The first-order valence-corrected chi connectivity index (χ1v) is 6.61. The van der Waals surface area contributed by atoms with Crippen LogP contribution in [0.4, 0.5) is 5.69 Å². The first kappa shape index (κ1) is 12.9. The number of nitrogens with zero attached hydrogens (tertiary/aromatic N) is 2. The SMILES string of the molecule is Cc1cc(NCC2(C(C)C)CC2)c(C#N)c(C)n1. The van der Waals surface area contributed by atoms with Crippen molar-refractivity contribution in [2.45, 2.75) is 40.5 Å². The molecule has 3 heteroatoms. The van der Waals surface area contributed by atoms with Gasteiger partial charge >= 0.3 is 0 Å². The van der Waals surface area contributed by atoms with E-state index in [9.17, 15) is 5.26 Å². The van der Waals surface area contributed by atoms with Crippen LogP contribution in [0.1, 0.15) is 43.6 Å². The van der Waals surface area contributed by atoms with Gasteiger partial charge in [0.15, 0.2) is 0 Å². The molecule has 0 amide bonds. The molecule has 0 atom stereocenters. The van der Waals surface area contributed by atoms with E-state index in [-0.39, 0.29) is 0 Å². The fraction of sp³-hybridized carbons (Fsp3) is 0.600. The topological polar surface area (TPSA) is 48.7 Å². The van der Waals surface area contributed by atoms with Crippen molar-refractivity contribution in [3.05, 3.63) is 23.0 Å². The van der Waals surface area contributed by atoms with E-state index in [0.29, 0.717) is 16.9 Å². The first-order valence-electron chi connectivity index (χ1n) is 6.61. The Bertz CT molecular complexity index is 493. The van der Waals surface area contributed by atoms with Crippen LogP contribution >= 0.6 is 0 Å². The first-order chi connectivity index (χ1) is 8.48. The van der Waals surface area contributed by atoms with Crippen LogP contribution in [0.15, 0.2) is 6.07 Å². The van der Waals surface area contributed by atoms with E-state index >= 15 is 0 Å². The van der Waals surface area contributed by atoms with Gasteiger partial charge in [0.05, 0.1) is 16.9 Å². The van der Waals surface area contributed by atoms with Crippen LogP contribution in [0.3, 0.4) is 0 Å². The van der Waals surface area contributed by atoms with Gasteiger partial charge in [-0.3, -0.25) is 4.98 Å². The highest BCUT2D eigenvalue weighted by Gasteiger charge is 2.44. The predicted octanol–water partition coefficient (Wildman–Crippen LogP) is 3.42. The van der Waals surface area contributed by atoms with E-state index < -0.39 is 0 Å². The fourth-order valence-electron chi connectivity index (χ4n) is 2.50. The third-order valence-corrected chi connectivity index (χ3v) is 4.19. The van der Waals surface area contributed by atoms with Crippen LogP contribution in [0, 0.1) is 36.5 Å². The van der Waals surface area contributed by atoms with Gasteiger partial charge in [0.2, 0.25) is 0 Å². The van der Waals surface area contributed by atoms with Gasteiger partial charge in [-0.25, -0.2) is 0 Å². The predicted molar refractivity (Wildman–Crippen MR) is 73.4 cm³/mol. The van der Waals surface area contributed by atoms with Crippen LogP contribution in [-0.2, 0) is 0 Å². The largest absolute Gasteiger partial charge is 0.383 e. The summed E-state index contributed by atoms with van der Waals surface area (Å²) in [5, 5.41) is 12.7. The Morgan fingerprint density at radius 3 is 2.61 bits per heavy atom. The van der Waals surface area contributed by atoms with Crippen LogP contribution in [-0.4, -0.2) is 11.5 Å². The molecule has 0 aromatic carbocycles. The Balaban J connectivity index is 2.17. The minimum Gasteiger partial charge on any atom is -0.383 e. The summed E-state index contributed by atoms with van der Waals surface area (Å²) in [6.45, 7) is 9.38. The minimum atomic E-state index is 0.442. The zero-order valence-corrected chi connectivity index (χ0v) is 11.7. The van der Waals surface area contributed by atoms with Crippen LogP contribution in [0.25, 0.3) is 0 Å². The molecule has 2 rings (SSSR count). The molecule has 1 heterocycles. The van der Waals surface area contributed by atoms with Gasteiger partial charge in [-0.05, 0) is 44.1 Å². The molecule has 3 nitrogen and oxygen atoms in total. The Kier molecular flexibility index (Phi) is 3.30. The quantitative estimate of drug-likeness (QED) is 0.881. The van der Waals surface area contributed by atoms with Crippen molar-refractivity contribution < 1.29 is 0 Å². The van der Waals surface area contributed by atoms with Crippen molar-refractivity contribution in [2.75, 3.05) is 11.9 Å². The monoisotopic (exact) mass is 243 g/mol. The lowest BCUT2D eigenvalue weighted by atomic mass is 9.92. The fourth-order valence-corrected chi connectivity index (χ4v) is 2.50. The summed E-state index contributed by atoms with van der Waals surface area (Å²) < 4.78 is 0. The van der Waals surface area contributed by atoms with Crippen molar-refractivity contribution >= 4 is 5.69 Å². The van der Waals surface area contributed by atoms with Crippen molar-refractivity contribution in [1.82, 2.24) is 4.98 Å². The van der Waals surface area contributed by atoms with Crippen molar-refractivity contribution in [3.63, 3.8) is 0 Å². The molecule has 0 radical (unpaired) electrons. The molecule has 0 bridgehead atoms. The molecule has 0 aliphatic heterocycles. The molecule has 0 unspecified atom stereocenters. The number of anilines is 1. The summed E-state index contributed by atoms with van der Waals surface area (Å²) in [5.74, 6) is 0.694. The smallest absolute Gasteiger partial charge is 0.103 e. The van der Waals surface area contributed by atoms with Crippen LogP contribution < -0.4 is 5.32 Å². The molecular weight excluding hydrogens is 222 g/mol. The molecule has 96 valence electrons. The molecule has 1 aliphatic rings. The number of hydrogen-bond acceptors (Lipinski definition) is 3. The number of nitriles is 1. The summed E-state index contributed by atoms with van der Waals surface area (Å²) in [6.07, 6.45) is 2.59. The summed E-state index contributed by atoms with van der Waals surface area (Å²) in [4.78, 5) is 4.34. The lowest BCUT2D eigenvalue weighted by Gasteiger charge is -2.21. The summed E-state index contributed by atoms with van der Waals surface area (Å²) in [7, 11) is 0. The van der Waals surface area contributed by atoms with Crippen molar-refractivity contribution in [1.29, 1.82) is 5.26 Å². The maximum atomic E-state index is 9.21. The second kappa shape index (κ2) is 4.61. The van der Waals surface area contributed by atoms with E-state index in [1.807, 2.05) is 19.9 Å². The average molecular weight is 243 g/mol. The number of aromatic nitrogens is 1. The van der Waals surface area contributed by atoms with Gasteiger partial charge < -0.3 is 5.32 Å². The number of hydrogen-bond donors (Lipinski definition) is 1. The highest BCUT2D eigenvalue weighted by Crippen LogP contribution is 2.51. The van der Waals surface area contributed by atoms with E-state index in [1.54, 1.807) is 0 Å². The van der Waals surface area contributed by atoms with E-state index in [0.717, 1.165) is 23.6 Å². The molecule has 1 aromatic rings. The maximum Gasteiger partial charge on any atom is 0.103 e. The zero-order chi connectivity index (χ0) is 13.3. The Morgan fingerprint density at radius 2 is 2.11 bits per heavy atom. The van der Waals surface area contributed by atoms with Gasteiger partial charge in [-0.15, -0.1) is 0 Å². The molecule has 0 spiro atoms. The van der Waals surface area contributed by atoms with Gasteiger partial charge in [0.25, 0.3) is 0 Å². The highest BCUT2D eigenvalue weighted by molar-refractivity contribution is 5.60. The molecule has 1 fully saturated rings. The minimum absolute atomic E-state index is 0.442. The average Bonchev–Trinajstić information content (AvgIpc) is 3.06. The number of nitrogens with one attached hydrogen (secondary N) is 1. The number of aryl methyl sites for hydroxylation is 2. The standard InChI is InChI=1S/C15H21N3/c1-10(2)15(5-6-15)9-17-14-7-11(3)18-12(4)13(14)8-16/h7,10H,5-6,9H2,1-4H3,(H,17,18). The highest BCUT2D eigenvalue weighted by atomic mass is 14.9. The van der Waals surface area contributed by atoms with Gasteiger partial charge in [-0.2, -0.15) is 5.26 Å². The third-order valence-electron chi connectivity index (χ3n) is 4.19. The maximum absolute atomic E-state index is 9.21.